The van der Waals surface area contributed by atoms with E-state index in [0.717, 1.165) is 5.56 Å². The number of ether oxygens (including phenoxy) is 1. The van der Waals surface area contributed by atoms with Crippen molar-refractivity contribution < 1.29 is 9.53 Å². The number of rotatable bonds is 6. The molecule has 1 aromatic rings. The van der Waals surface area contributed by atoms with E-state index in [1.807, 2.05) is 49.3 Å². The number of allylic oxidation sites excluding steroid dienone is 1. The molecule has 19 heavy (non-hydrogen) atoms. The monoisotopic (exact) mass is 281 g/mol. The fourth-order valence-electron chi connectivity index (χ4n) is 1.46. The van der Waals surface area contributed by atoms with Gasteiger partial charge in [0, 0.05) is 12.1 Å². The Kier molecular flexibility index (Phi) is 6.60. The van der Waals surface area contributed by atoms with Gasteiger partial charge in [0.25, 0.3) is 0 Å². The fraction of sp³-hybridized carbons (Fsp3) is 0.400. The second-order valence-electron chi connectivity index (χ2n) is 4.60. The highest BCUT2D eigenvalue weighted by Gasteiger charge is 2.10. The summed E-state index contributed by atoms with van der Waals surface area (Å²) in [6.45, 7) is 2.81. The Labute approximate surface area is 119 Å². The molecule has 0 heterocycles. The molecule has 0 aliphatic heterocycles. The molecule has 1 unspecified atom stereocenters. The number of hydrogen-bond donors (Lipinski definition) is 0. The number of halogens is 1. The molecule has 0 spiro atoms. The van der Waals surface area contributed by atoms with Crippen molar-refractivity contribution in [3.05, 3.63) is 47.5 Å². The van der Waals surface area contributed by atoms with Crippen LogP contribution in [0.15, 0.2) is 42.0 Å². The van der Waals surface area contributed by atoms with Crippen LogP contribution in [0.1, 0.15) is 17.9 Å². The van der Waals surface area contributed by atoms with E-state index < -0.39 is 0 Å². The van der Waals surface area contributed by atoms with E-state index in [1.165, 1.54) is 0 Å². The molecule has 0 radical (unpaired) electrons. The topological polar surface area (TPSA) is 29.5 Å². The summed E-state index contributed by atoms with van der Waals surface area (Å²) in [5.41, 5.74) is 1.49. The van der Waals surface area contributed by atoms with Crippen LogP contribution in [0.3, 0.4) is 0 Å². The number of likely N-dealkylation sites (N-methyl/N-ethyl adjacent to an activating group) is 1. The third-order valence-corrected chi connectivity index (χ3v) is 2.99. The van der Waals surface area contributed by atoms with E-state index in [4.69, 9.17) is 16.3 Å². The Balaban J connectivity index is 2.54. The minimum Gasteiger partial charge on any atom is -0.461 e. The van der Waals surface area contributed by atoms with Crippen LogP contribution in [-0.2, 0) is 9.53 Å². The van der Waals surface area contributed by atoms with Crippen LogP contribution in [0.2, 0.25) is 0 Å². The Morgan fingerprint density at radius 3 is 2.58 bits per heavy atom. The molecule has 104 valence electrons. The zero-order chi connectivity index (χ0) is 14.3. The van der Waals surface area contributed by atoms with Crippen molar-refractivity contribution in [1.29, 1.82) is 0 Å². The molecule has 0 N–H and O–H groups in total. The number of alkyl halides is 1. The van der Waals surface area contributed by atoms with Gasteiger partial charge in [0.2, 0.25) is 0 Å². The number of benzene rings is 1. The summed E-state index contributed by atoms with van der Waals surface area (Å²) in [6.07, 6.45) is 1.72. The van der Waals surface area contributed by atoms with Gasteiger partial charge in [-0.1, -0.05) is 36.4 Å². The largest absolute Gasteiger partial charge is 0.461 e. The molecule has 0 aromatic heterocycles. The van der Waals surface area contributed by atoms with Gasteiger partial charge < -0.3 is 9.64 Å². The fourth-order valence-corrected chi connectivity index (χ4v) is 1.79. The molecule has 0 amide bonds. The minimum atomic E-state index is -0.317. The number of carbonyl (C=O) groups is 1. The SMILES string of the molecule is CC(=CC(Cl)c1ccccc1)C(=O)OCCN(C)C. The summed E-state index contributed by atoms with van der Waals surface area (Å²) in [5.74, 6) is -0.316. The van der Waals surface area contributed by atoms with Crippen LogP contribution in [0, 0.1) is 0 Å². The maximum Gasteiger partial charge on any atom is 0.333 e. The second kappa shape index (κ2) is 7.97. The summed E-state index contributed by atoms with van der Waals surface area (Å²) in [5, 5.41) is -0.317. The minimum absolute atomic E-state index is 0.316. The van der Waals surface area contributed by atoms with Gasteiger partial charge in [-0.15, -0.1) is 11.6 Å². The van der Waals surface area contributed by atoms with Crippen molar-refractivity contribution in [1.82, 2.24) is 4.90 Å². The molecule has 0 aliphatic rings. The zero-order valence-electron chi connectivity index (χ0n) is 11.6. The van der Waals surface area contributed by atoms with E-state index in [1.54, 1.807) is 13.0 Å². The number of hydrogen-bond acceptors (Lipinski definition) is 3. The van der Waals surface area contributed by atoms with Crippen molar-refractivity contribution in [3.8, 4) is 0 Å². The van der Waals surface area contributed by atoms with Gasteiger partial charge in [-0.25, -0.2) is 4.79 Å². The van der Waals surface area contributed by atoms with Gasteiger partial charge in [-0.3, -0.25) is 0 Å². The lowest BCUT2D eigenvalue weighted by Crippen LogP contribution is -2.20. The molecule has 0 fully saturated rings. The molecule has 1 aromatic carbocycles. The first-order chi connectivity index (χ1) is 9.00. The molecule has 3 nitrogen and oxygen atoms in total. The summed E-state index contributed by atoms with van der Waals surface area (Å²) in [7, 11) is 3.86. The summed E-state index contributed by atoms with van der Waals surface area (Å²) in [6, 6.07) is 9.63. The Bertz CT molecular complexity index is 429. The number of carbonyl (C=O) groups excluding carboxylic acids is 1. The van der Waals surface area contributed by atoms with Crippen LogP contribution in [0.5, 0.6) is 0 Å². The molecule has 0 saturated heterocycles. The van der Waals surface area contributed by atoms with Gasteiger partial charge >= 0.3 is 5.97 Å². The predicted molar refractivity (Wildman–Crippen MR) is 78.3 cm³/mol. The van der Waals surface area contributed by atoms with Gasteiger partial charge in [0.05, 0.1) is 5.38 Å². The second-order valence-corrected chi connectivity index (χ2v) is 5.07. The molecular formula is C15H20ClNO2. The Hall–Kier alpha value is -1.32. The van der Waals surface area contributed by atoms with E-state index in [9.17, 15) is 4.79 Å². The van der Waals surface area contributed by atoms with E-state index in [2.05, 4.69) is 0 Å². The van der Waals surface area contributed by atoms with Crippen LogP contribution in [-0.4, -0.2) is 38.1 Å². The molecular weight excluding hydrogens is 262 g/mol. The van der Waals surface area contributed by atoms with Crippen LogP contribution < -0.4 is 0 Å². The van der Waals surface area contributed by atoms with Crippen molar-refractivity contribution in [2.24, 2.45) is 0 Å². The number of nitrogens with zero attached hydrogens (tertiary/aromatic N) is 1. The third kappa shape index (κ3) is 5.90. The highest BCUT2D eigenvalue weighted by atomic mass is 35.5. The third-order valence-electron chi connectivity index (χ3n) is 2.61. The Morgan fingerprint density at radius 1 is 1.37 bits per heavy atom. The highest BCUT2D eigenvalue weighted by Crippen LogP contribution is 2.23. The first-order valence-corrected chi connectivity index (χ1v) is 6.63. The van der Waals surface area contributed by atoms with Crippen LogP contribution in [0.4, 0.5) is 0 Å². The van der Waals surface area contributed by atoms with E-state index in [0.29, 0.717) is 18.7 Å². The van der Waals surface area contributed by atoms with Crippen molar-refractivity contribution >= 4 is 17.6 Å². The average Bonchev–Trinajstić information content (AvgIpc) is 2.39. The van der Waals surface area contributed by atoms with Crippen molar-refractivity contribution in [2.75, 3.05) is 27.2 Å². The first kappa shape index (κ1) is 15.7. The maximum absolute atomic E-state index is 11.7. The maximum atomic E-state index is 11.7. The van der Waals surface area contributed by atoms with Crippen molar-refractivity contribution in [2.45, 2.75) is 12.3 Å². The normalized spacial score (nSPS) is 13.4. The molecule has 0 bridgehead atoms. The summed E-state index contributed by atoms with van der Waals surface area (Å²) >= 11 is 6.24. The van der Waals surface area contributed by atoms with E-state index in [-0.39, 0.29) is 11.3 Å². The summed E-state index contributed by atoms with van der Waals surface area (Å²) in [4.78, 5) is 13.7. The standard InChI is InChI=1S/C15H20ClNO2/c1-12(15(18)19-10-9-17(2)3)11-14(16)13-7-5-4-6-8-13/h4-8,11,14H,9-10H2,1-3H3. The molecule has 1 atom stereocenters. The lowest BCUT2D eigenvalue weighted by Gasteiger charge is -2.11. The predicted octanol–water partition coefficient (Wildman–Crippen LogP) is 3.02. The quantitative estimate of drug-likeness (QED) is 0.456. The molecule has 4 heteroatoms. The average molecular weight is 282 g/mol. The first-order valence-electron chi connectivity index (χ1n) is 6.20. The Morgan fingerprint density at radius 2 is 2.00 bits per heavy atom. The van der Waals surface area contributed by atoms with Gasteiger partial charge in [-0.05, 0) is 26.6 Å². The van der Waals surface area contributed by atoms with E-state index >= 15 is 0 Å². The lowest BCUT2D eigenvalue weighted by atomic mass is 10.1. The lowest BCUT2D eigenvalue weighted by molar-refractivity contribution is -0.139. The highest BCUT2D eigenvalue weighted by molar-refractivity contribution is 6.22. The van der Waals surface area contributed by atoms with Crippen LogP contribution >= 0.6 is 11.6 Å². The smallest absolute Gasteiger partial charge is 0.333 e. The van der Waals surface area contributed by atoms with Crippen molar-refractivity contribution in [3.63, 3.8) is 0 Å². The van der Waals surface area contributed by atoms with Gasteiger partial charge in [0.1, 0.15) is 6.61 Å². The number of esters is 1. The zero-order valence-corrected chi connectivity index (χ0v) is 12.4. The molecule has 0 aliphatic carbocycles. The van der Waals surface area contributed by atoms with Crippen LogP contribution in [0.25, 0.3) is 0 Å². The molecule has 1 rings (SSSR count). The van der Waals surface area contributed by atoms with Gasteiger partial charge in [-0.2, -0.15) is 0 Å². The van der Waals surface area contributed by atoms with Gasteiger partial charge in [0.15, 0.2) is 0 Å². The summed E-state index contributed by atoms with van der Waals surface area (Å²) < 4.78 is 5.14. The molecule has 0 saturated carbocycles.